The van der Waals surface area contributed by atoms with Crippen LogP contribution in [0.3, 0.4) is 0 Å². The molecule has 0 bridgehead atoms. The largest absolute Gasteiger partial charge is 0.337 e. The normalized spacial score (nSPS) is 11.6. The molecule has 1 heterocycles. The van der Waals surface area contributed by atoms with Crippen LogP contribution >= 0.6 is 0 Å². The summed E-state index contributed by atoms with van der Waals surface area (Å²) in [6.45, 7) is 3.49. The maximum Gasteiger partial charge on any atom is 0.331 e. The summed E-state index contributed by atoms with van der Waals surface area (Å²) < 4.78 is 2.06. The molecular weight excluding hydrogens is 320 g/mol. The Morgan fingerprint density at radius 1 is 1.28 bits per heavy atom. The van der Waals surface area contributed by atoms with Crippen LogP contribution in [-0.2, 0) is 17.9 Å². The molecule has 0 aliphatic carbocycles. The van der Waals surface area contributed by atoms with E-state index in [9.17, 15) is 14.4 Å². The van der Waals surface area contributed by atoms with E-state index in [1.807, 2.05) is 37.3 Å². The standard InChI is InChI=1S/C18H20N4O3/c1-4-21-11-15(10-19)17(24)22(18(21)25)12-16(23)20(3)13(2)14-8-6-5-7-9-14/h5-9,11,13H,4,12H2,1-3H3. The van der Waals surface area contributed by atoms with Crippen LogP contribution in [0.1, 0.15) is 31.0 Å². The van der Waals surface area contributed by atoms with E-state index in [0.29, 0.717) is 6.54 Å². The molecule has 0 aliphatic rings. The summed E-state index contributed by atoms with van der Waals surface area (Å²) in [4.78, 5) is 38.6. The Labute approximate surface area is 145 Å². The maximum atomic E-state index is 12.6. The number of aromatic nitrogens is 2. The summed E-state index contributed by atoms with van der Waals surface area (Å²) in [5.41, 5.74) is -0.553. The average Bonchev–Trinajstić information content (AvgIpc) is 2.64. The van der Waals surface area contributed by atoms with Crippen LogP contribution in [0.15, 0.2) is 46.1 Å². The second-order valence-corrected chi connectivity index (χ2v) is 5.71. The molecule has 0 fully saturated rings. The van der Waals surface area contributed by atoms with Gasteiger partial charge in [0.05, 0.1) is 6.04 Å². The highest BCUT2D eigenvalue weighted by molar-refractivity contribution is 5.76. The van der Waals surface area contributed by atoms with Crippen molar-refractivity contribution in [2.75, 3.05) is 7.05 Å². The number of hydrogen-bond donors (Lipinski definition) is 0. The van der Waals surface area contributed by atoms with Crippen LogP contribution < -0.4 is 11.2 Å². The van der Waals surface area contributed by atoms with Crippen LogP contribution in [0.25, 0.3) is 0 Å². The van der Waals surface area contributed by atoms with E-state index in [-0.39, 0.29) is 17.5 Å². The summed E-state index contributed by atoms with van der Waals surface area (Å²) in [6.07, 6.45) is 1.22. The van der Waals surface area contributed by atoms with Crippen LogP contribution in [-0.4, -0.2) is 27.0 Å². The van der Waals surface area contributed by atoms with Crippen molar-refractivity contribution in [2.45, 2.75) is 33.0 Å². The topological polar surface area (TPSA) is 88.1 Å². The fourth-order valence-electron chi connectivity index (χ4n) is 2.51. The molecule has 0 saturated heterocycles. The van der Waals surface area contributed by atoms with E-state index in [0.717, 1.165) is 10.1 Å². The fourth-order valence-corrected chi connectivity index (χ4v) is 2.51. The van der Waals surface area contributed by atoms with Gasteiger partial charge >= 0.3 is 5.69 Å². The number of carbonyl (C=O) groups is 1. The number of carbonyl (C=O) groups excluding carboxylic acids is 1. The summed E-state index contributed by atoms with van der Waals surface area (Å²) in [6, 6.07) is 11.0. The number of likely N-dealkylation sites (N-methyl/N-ethyl adjacent to an activating group) is 1. The molecule has 0 radical (unpaired) electrons. The molecule has 1 atom stereocenters. The van der Waals surface area contributed by atoms with Gasteiger partial charge in [0.1, 0.15) is 18.2 Å². The van der Waals surface area contributed by atoms with Crippen LogP contribution in [0.5, 0.6) is 0 Å². The first-order valence-corrected chi connectivity index (χ1v) is 7.95. The van der Waals surface area contributed by atoms with Crippen LogP contribution in [0.4, 0.5) is 0 Å². The van der Waals surface area contributed by atoms with Gasteiger partial charge in [-0.2, -0.15) is 5.26 Å². The van der Waals surface area contributed by atoms with Gasteiger partial charge in [-0.25, -0.2) is 9.36 Å². The van der Waals surface area contributed by atoms with Gasteiger partial charge in [0, 0.05) is 19.8 Å². The van der Waals surface area contributed by atoms with E-state index in [1.165, 1.54) is 15.7 Å². The van der Waals surface area contributed by atoms with Crippen molar-refractivity contribution in [3.05, 3.63) is 68.5 Å². The molecular formula is C18H20N4O3. The lowest BCUT2D eigenvalue weighted by atomic mass is 10.1. The van der Waals surface area contributed by atoms with Crippen molar-refractivity contribution < 1.29 is 4.79 Å². The van der Waals surface area contributed by atoms with Gasteiger partial charge in [0.2, 0.25) is 5.91 Å². The third kappa shape index (κ3) is 3.69. The third-order valence-electron chi connectivity index (χ3n) is 4.25. The number of benzene rings is 1. The Bertz CT molecular complexity index is 922. The Morgan fingerprint density at radius 2 is 1.92 bits per heavy atom. The van der Waals surface area contributed by atoms with Crippen molar-refractivity contribution in [3.63, 3.8) is 0 Å². The molecule has 1 unspecified atom stereocenters. The minimum atomic E-state index is -0.744. The molecule has 1 amide bonds. The minimum Gasteiger partial charge on any atom is -0.337 e. The van der Waals surface area contributed by atoms with E-state index < -0.39 is 17.8 Å². The highest BCUT2D eigenvalue weighted by atomic mass is 16.2. The lowest BCUT2D eigenvalue weighted by Crippen LogP contribution is -2.45. The molecule has 2 aromatic rings. The predicted molar refractivity (Wildman–Crippen MR) is 93.0 cm³/mol. The molecule has 25 heavy (non-hydrogen) atoms. The molecule has 2 rings (SSSR count). The Kier molecular flexibility index (Phi) is 5.55. The zero-order valence-electron chi connectivity index (χ0n) is 14.5. The van der Waals surface area contributed by atoms with Crippen molar-refractivity contribution >= 4 is 5.91 Å². The molecule has 0 N–H and O–H groups in total. The first-order chi connectivity index (χ1) is 11.9. The summed E-state index contributed by atoms with van der Waals surface area (Å²) in [7, 11) is 1.62. The lowest BCUT2D eigenvalue weighted by molar-refractivity contribution is -0.132. The Balaban J connectivity index is 2.33. The molecule has 0 aliphatic heterocycles. The molecule has 0 spiro atoms. The predicted octanol–water partition coefficient (Wildman–Crippen LogP) is 1.12. The second-order valence-electron chi connectivity index (χ2n) is 5.71. The van der Waals surface area contributed by atoms with E-state index >= 15 is 0 Å². The average molecular weight is 340 g/mol. The quantitative estimate of drug-likeness (QED) is 0.816. The number of hydrogen-bond acceptors (Lipinski definition) is 4. The minimum absolute atomic E-state index is 0.159. The zero-order chi connectivity index (χ0) is 18.6. The first kappa shape index (κ1) is 18.2. The van der Waals surface area contributed by atoms with Crippen LogP contribution in [0.2, 0.25) is 0 Å². The summed E-state index contributed by atoms with van der Waals surface area (Å²) >= 11 is 0. The highest BCUT2D eigenvalue weighted by Crippen LogP contribution is 2.18. The smallest absolute Gasteiger partial charge is 0.331 e. The monoisotopic (exact) mass is 340 g/mol. The number of amides is 1. The lowest BCUT2D eigenvalue weighted by Gasteiger charge is -2.25. The fraction of sp³-hybridized carbons (Fsp3) is 0.333. The summed E-state index contributed by atoms with van der Waals surface area (Å²) in [5, 5.41) is 9.06. The molecule has 1 aromatic heterocycles. The van der Waals surface area contributed by atoms with Gasteiger partial charge in [0.15, 0.2) is 0 Å². The molecule has 7 nitrogen and oxygen atoms in total. The molecule has 7 heteroatoms. The van der Waals surface area contributed by atoms with Gasteiger partial charge in [-0.15, -0.1) is 0 Å². The van der Waals surface area contributed by atoms with Crippen LogP contribution in [0, 0.1) is 11.3 Å². The SMILES string of the molecule is CCn1cc(C#N)c(=O)n(CC(=O)N(C)C(C)c2ccccc2)c1=O. The number of rotatable bonds is 5. The third-order valence-corrected chi connectivity index (χ3v) is 4.25. The van der Waals surface area contributed by atoms with Gasteiger partial charge in [-0.05, 0) is 19.4 Å². The van der Waals surface area contributed by atoms with Crippen molar-refractivity contribution in [3.8, 4) is 6.07 Å². The van der Waals surface area contributed by atoms with Gasteiger partial charge in [-0.1, -0.05) is 30.3 Å². The van der Waals surface area contributed by atoms with E-state index in [4.69, 9.17) is 5.26 Å². The molecule has 0 saturated carbocycles. The maximum absolute atomic E-state index is 12.6. The van der Waals surface area contributed by atoms with Gasteiger partial charge < -0.3 is 4.90 Å². The Hall–Kier alpha value is -3.14. The van der Waals surface area contributed by atoms with E-state index in [2.05, 4.69) is 0 Å². The first-order valence-electron chi connectivity index (χ1n) is 7.95. The van der Waals surface area contributed by atoms with Crippen molar-refractivity contribution in [1.82, 2.24) is 14.0 Å². The van der Waals surface area contributed by atoms with Gasteiger partial charge in [0.25, 0.3) is 5.56 Å². The highest BCUT2D eigenvalue weighted by Gasteiger charge is 2.20. The van der Waals surface area contributed by atoms with E-state index in [1.54, 1.807) is 20.0 Å². The second kappa shape index (κ2) is 7.62. The van der Waals surface area contributed by atoms with Crippen molar-refractivity contribution in [1.29, 1.82) is 5.26 Å². The summed E-state index contributed by atoms with van der Waals surface area (Å²) in [5.74, 6) is -0.381. The number of nitrogens with zero attached hydrogens (tertiary/aromatic N) is 4. The number of nitriles is 1. The van der Waals surface area contributed by atoms with Crippen molar-refractivity contribution in [2.24, 2.45) is 0 Å². The molecule has 1 aromatic carbocycles. The number of aryl methyl sites for hydroxylation is 1. The zero-order valence-corrected chi connectivity index (χ0v) is 14.5. The molecule has 130 valence electrons. The Morgan fingerprint density at radius 3 is 2.48 bits per heavy atom. The van der Waals surface area contributed by atoms with Gasteiger partial charge in [-0.3, -0.25) is 14.2 Å².